The highest BCUT2D eigenvalue weighted by molar-refractivity contribution is 6.01. The third-order valence-corrected chi connectivity index (χ3v) is 4.43. The highest BCUT2D eigenvalue weighted by Gasteiger charge is 2.25. The number of benzene rings is 1. The van der Waals surface area contributed by atoms with Crippen molar-refractivity contribution in [1.29, 1.82) is 0 Å². The molecule has 0 unspecified atom stereocenters. The van der Waals surface area contributed by atoms with E-state index in [0.717, 1.165) is 25.9 Å². The Morgan fingerprint density at radius 2 is 1.96 bits per heavy atom. The van der Waals surface area contributed by atoms with Gasteiger partial charge in [0.05, 0.1) is 12.0 Å². The summed E-state index contributed by atoms with van der Waals surface area (Å²) in [6.45, 7) is 1.85. The number of piperidine rings is 1. The fourth-order valence-corrected chi connectivity index (χ4v) is 3.06. The van der Waals surface area contributed by atoms with Crippen LogP contribution in [0.15, 0.2) is 47.1 Å². The molecule has 2 aromatic rings. The normalized spacial score (nSPS) is 16.0. The Bertz CT molecular complexity index is 719. The highest BCUT2D eigenvalue weighted by atomic mass is 16.3. The predicted octanol–water partition coefficient (Wildman–Crippen LogP) is 3.02. The topological polar surface area (TPSA) is 79.8 Å². The van der Waals surface area contributed by atoms with Gasteiger partial charge in [0.2, 0.25) is 5.88 Å². The fraction of sp³-hybridized carbons (Fsp3) is 0.333. The molecule has 1 saturated heterocycles. The Labute approximate surface area is 140 Å². The number of anilines is 2. The van der Waals surface area contributed by atoms with Gasteiger partial charge in [-0.2, -0.15) is 0 Å². The smallest absolute Gasteiger partial charge is 0.326 e. The molecule has 2 amide bonds. The molecule has 2 N–H and O–H groups in total. The number of hydrogen-bond acceptors (Lipinski definition) is 4. The third-order valence-electron chi connectivity index (χ3n) is 4.43. The van der Waals surface area contributed by atoms with Crippen LogP contribution in [0.2, 0.25) is 0 Å². The van der Waals surface area contributed by atoms with E-state index in [2.05, 4.69) is 11.9 Å². The van der Waals surface area contributed by atoms with E-state index < -0.39 is 6.03 Å². The van der Waals surface area contributed by atoms with Crippen LogP contribution < -0.4 is 10.6 Å². The average molecular weight is 327 g/mol. The summed E-state index contributed by atoms with van der Waals surface area (Å²) < 4.78 is 5.27. The molecule has 0 spiro atoms. The molecule has 126 valence electrons. The number of Topliss-reactive ketones (excluding diaryl/α,β-unsaturated/α-hetero) is 1. The molecule has 0 saturated carbocycles. The maximum atomic E-state index is 12.8. The molecule has 6 nitrogen and oxygen atoms in total. The summed E-state index contributed by atoms with van der Waals surface area (Å²) in [5.41, 5.74) is 6.60. The van der Waals surface area contributed by atoms with Gasteiger partial charge in [-0.15, -0.1) is 0 Å². The molecular weight excluding hydrogens is 306 g/mol. The van der Waals surface area contributed by atoms with Crippen molar-refractivity contribution >= 4 is 23.4 Å². The number of furan rings is 1. The zero-order valence-corrected chi connectivity index (χ0v) is 13.6. The van der Waals surface area contributed by atoms with Gasteiger partial charge in [-0.3, -0.25) is 4.79 Å². The van der Waals surface area contributed by atoms with E-state index in [0.29, 0.717) is 17.1 Å². The van der Waals surface area contributed by atoms with Crippen LogP contribution in [-0.2, 0) is 0 Å². The quantitative estimate of drug-likeness (QED) is 0.875. The Kier molecular flexibility index (Phi) is 4.66. The molecule has 1 aromatic carbocycles. The van der Waals surface area contributed by atoms with E-state index in [9.17, 15) is 9.59 Å². The molecule has 0 aliphatic carbocycles. The van der Waals surface area contributed by atoms with Gasteiger partial charge in [0.15, 0.2) is 5.78 Å². The number of likely N-dealkylation sites (tertiary alicyclic amines) is 1. The van der Waals surface area contributed by atoms with Crippen molar-refractivity contribution in [3.63, 3.8) is 0 Å². The molecule has 6 heteroatoms. The van der Waals surface area contributed by atoms with E-state index in [4.69, 9.17) is 10.2 Å². The lowest BCUT2D eigenvalue weighted by atomic mass is 9.89. The summed E-state index contributed by atoms with van der Waals surface area (Å²) in [5, 5.41) is 0. The first kappa shape index (κ1) is 16.3. The van der Waals surface area contributed by atoms with Gasteiger partial charge < -0.3 is 15.1 Å². The average Bonchev–Trinajstić information content (AvgIpc) is 3.09. The summed E-state index contributed by atoms with van der Waals surface area (Å²) >= 11 is 0. The monoisotopic (exact) mass is 327 g/mol. The summed E-state index contributed by atoms with van der Waals surface area (Å²) in [5.74, 6) is 0.474. The number of urea groups is 1. The van der Waals surface area contributed by atoms with E-state index in [1.54, 1.807) is 36.4 Å². The number of hydrogen-bond donors (Lipinski definition) is 1. The van der Waals surface area contributed by atoms with Crippen molar-refractivity contribution in [2.45, 2.75) is 12.8 Å². The van der Waals surface area contributed by atoms with Gasteiger partial charge in [0, 0.05) is 17.5 Å². The maximum Gasteiger partial charge on any atom is 0.326 e. The molecule has 1 aliphatic rings. The number of rotatable bonds is 4. The van der Waals surface area contributed by atoms with Gasteiger partial charge in [-0.1, -0.05) is 12.1 Å². The number of carbonyl (C=O) groups excluding carboxylic acids is 2. The fourth-order valence-electron chi connectivity index (χ4n) is 3.06. The maximum absolute atomic E-state index is 12.8. The second kappa shape index (κ2) is 6.88. The van der Waals surface area contributed by atoms with E-state index in [1.165, 1.54) is 11.2 Å². The lowest BCUT2D eigenvalue weighted by Gasteiger charge is -2.28. The van der Waals surface area contributed by atoms with Gasteiger partial charge in [-0.05, 0) is 51.2 Å². The molecule has 1 aliphatic heterocycles. The number of carbonyl (C=O) groups is 2. The van der Waals surface area contributed by atoms with Crippen molar-refractivity contribution in [3.05, 3.63) is 48.2 Å². The van der Waals surface area contributed by atoms with Crippen LogP contribution in [0, 0.1) is 5.92 Å². The van der Waals surface area contributed by atoms with Gasteiger partial charge in [0.25, 0.3) is 0 Å². The first-order chi connectivity index (χ1) is 11.6. The molecule has 0 radical (unpaired) electrons. The molecule has 1 fully saturated rings. The van der Waals surface area contributed by atoms with Crippen molar-refractivity contribution in [3.8, 4) is 0 Å². The molecule has 0 bridgehead atoms. The number of nitrogens with two attached hydrogens (primary N) is 1. The minimum absolute atomic E-state index is 0.0297. The SMILES string of the molecule is CN1CCC(C(=O)c2cccc(N(C(N)=O)c3ccco3)c2)CC1. The lowest BCUT2D eigenvalue weighted by molar-refractivity contribution is 0.0857. The number of primary amides is 1. The summed E-state index contributed by atoms with van der Waals surface area (Å²) in [4.78, 5) is 28.1. The standard InChI is InChI=1S/C18H21N3O3/c1-20-9-7-13(8-10-20)17(22)14-4-2-5-15(12-14)21(18(19)23)16-6-3-11-24-16/h2-6,11-13H,7-10H2,1H3,(H2,19,23). The predicted molar refractivity (Wildman–Crippen MR) is 91.4 cm³/mol. The molecular formula is C18H21N3O3. The van der Waals surface area contributed by atoms with Crippen molar-refractivity contribution in [1.82, 2.24) is 4.90 Å². The first-order valence-electron chi connectivity index (χ1n) is 8.02. The van der Waals surface area contributed by atoms with Crippen LogP contribution in [0.1, 0.15) is 23.2 Å². The lowest BCUT2D eigenvalue weighted by Crippen LogP contribution is -2.34. The van der Waals surface area contributed by atoms with Crippen LogP contribution in [0.25, 0.3) is 0 Å². The molecule has 24 heavy (non-hydrogen) atoms. The Balaban J connectivity index is 1.85. The Hall–Kier alpha value is -2.60. The van der Waals surface area contributed by atoms with Gasteiger partial charge in [0.1, 0.15) is 0 Å². The van der Waals surface area contributed by atoms with Crippen LogP contribution in [0.3, 0.4) is 0 Å². The Morgan fingerprint density at radius 1 is 1.21 bits per heavy atom. The minimum Gasteiger partial charge on any atom is -0.448 e. The van der Waals surface area contributed by atoms with Crippen molar-refractivity contribution in [2.75, 3.05) is 25.0 Å². The van der Waals surface area contributed by atoms with Crippen LogP contribution >= 0.6 is 0 Å². The van der Waals surface area contributed by atoms with Gasteiger partial charge >= 0.3 is 6.03 Å². The van der Waals surface area contributed by atoms with E-state index in [-0.39, 0.29) is 11.7 Å². The second-order valence-electron chi connectivity index (χ2n) is 6.12. The number of amides is 2. The zero-order valence-electron chi connectivity index (χ0n) is 13.6. The molecule has 3 rings (SSSR count). The zero-order chi connectivity index (χ0) is 17.1. The molecule has 0 atom stereocenters. The highest BCUT2D eigenvalue weighted by Crippen LogP contribution is 2.28. The van der Waals surface area contributed by atoms with Crippen molar-refractivity contribution in [2.24, 2.45) is 11.7 Å². The van der Waals surface area contributed by atoms with Gasteiger partial charge in [-0.25, -0.2) is 9.69 Å². The summed E-state index contributed by atoms with van der Waals surface area (Å²) in [7, 11) is 2.06. The Morgan fingerprint density at radius 3 is 2.58 bits per heavy atom. The van der Waals surface area contributed by atoms with Crippen LogP contribution in [-0.4, -0.2) is 36.9 Å². The number of nitrogens with zero attached hydrogens (tertiary/aromatic N) is 2. The third kappa shape index (κ3) is 3.33. The van der Waals surface area contributed by atoms with E-state index in [1.807, 2.05) is 0 Å². The summed E-state index contributed by atoms with van der Waals surface area (Å²) in [6.07, 6.45) is 3.19. The van der Waals surface area contributed by atoms with E-state index >= 15 is 0 Å². The first-order valence-corrected chi connectivity index (χ1v) is 8.02. The van der Waals surface area contributed by atoms with Crippen molar-refractivity contribution < 1.29 is 14.0 Å². The minimum atomic E-state index is -0.658. The van der Waals surface area contributed by atoms with Crippen LogP contribution in [0.4, 0.5) is 16.4 Å². The van der Waals surface area contributed by atoms with Crippen LogP contribution in [0.5, 0.6) is 0 Å². The second-order valence-corrected chi connectivity index (χ2v) is 6.12. The largest absolute Gasteiger partial charge is 0.448 e. The summed E-state index contributed by atoms with van der Waals surface area (Å²) in [6, 6.07) is 9.65. The number of ketones is 1. The molecule has 1 aromatic heterocycles. The molecule has 2 heterocycles.